The summed E-state index contributed by atoms with van der Waals surface area (Å²) in [5.41, 5.74) is 6.21. The van der Waals surface area contributed by atoms with Crippen molar-refractivity contribution in [1.29, 1.82) is 0 Å². The number of phenols is 1. The largest absolute Gasteiger partial charge is 0.508 e. The molecule has 0 fully saturated rings. The molecule has 1 aromatic heterocycles. The third kappa shape index (κ3) is 3.78. The Bertz CT molecular complexity index is 1130. The number of para-hydroxylation sites is 1. The van der Waals surface area contributed by atoms with Crippen LogP contribution in [0.1, 0.15) is 21.5 Å². The van der Waals surface area contributed by atoms with Crippen LogP contribution in [0.5, 0.6) is 5.75 Å². The molecule has 0 saturated carbocycles. The molecule has 0 unspecified atom stereocenters. The highest BCUT2D eigenvalue weighted by molar-refractivity contribution is 6.00. The molecule has 4 rings (SSSR count). The topological polar surface area (TPSA) is 66.6 Å². The number of hydrazone groups is 1. The molecule has 1 heterocycles. The van der Waals surface area contributed by atoms with Crippen molar-refractivity contribution < 1.29 is 9.90 Å². The van der Waals surface area contributed by atoms with E-state index >= 15 is 0 Å². The van der Waals surface area contributed by atoms with Crippen molar-refractivity contribution in [2.75, 3.05) is 0 Å². The van der Waals surface area contributed by atoms with Crippen molar-refractivity contribution in [3.63, 3.8) is 0 Å². The summed E-state index contributed by atoms with van der Waals surface area (Å²) < 4.78 is 2.17. The normalized spacial score (nSPS) is 11.1. The first-order valence-corrected chi connectivity index (χ1v) is 8.95. The first kappa shape index (κ1) is 17.5. The number of rotatable bonds is 5. The first-order chi connectivity index (χ1) is 13.7. The number of carbonyl (C=O) groups excluding carboxylic acids is 1. The van der Waals surface area contributed by atoms with Crippen LogP contribution < -0.4 is 5.43 Å². The highest BCUT2D eigenvalue weighted by Crippen LogP contribution is 2.21. The second-order valence-electron chi connectivity index (χ2n) is 6.46. The SMILES string of the molecule is O=C(N/N=C/c1cn(Cc2ccccc2)c2ccccc12)c1ccc(O)cc1. The van der Waals surface area contributed by atoms with Crippen LogP contribution in [0.25, 0.3) is 10.9 Å². The zero-order valence-electron chi connectivity index (χ0n) is 15.1. The number of phenolic OH excluding ortho intramolecular Hbond substituents is 1. The lowest BCUT2D eigenvalue weighted by Gasteiger charge is -2.05. The molecule has 3 aromatic carbocycles. The molecule has 0 spiro atoms. The predicted octanol–water partition coefficient (Wildman–Crippen LogP) is 4.16. The van der Waals surface area contributed by atoms with Crippen LogP contribution in [0.15, 0.2) is 90.2 Å². The summed E-state index contributed by atoms with van der Waals surface area (Å²) >= 11 is 0. The smallest absolute Gasteiger partial charge is 0.271 e. The number of carbonyl (C=O) groups is 1. The number of aromatic nitrogens is 1. The van der Waals surface area contributed by atoms with E-state index in [4.69, 9.17) is 0 Å². The molecule has 0 aliphatic rings. The molecule has 28 heavy (non-hydrogen) atoms. The van der Waals surface area contributed by atoms with Gasteiger partial charge in [0.15, 0.2) is 0 Å². The molecule has 0 aliphatic carbocycles. The Morgan fingerprint density at radius 3 is 2.46 bits per heavy atom. The molecule has 5 nitrogen and oxygen atoms in total. The van der Waals surface area contributed by atoms with E-state index in [2.05, 4.69) is 33.3 Å². The van der Waals surface area contributed by atoms with Gasteiger partial charge in [0.1, 0.15) is 5.75 Å². The van der Waals surface area contributed by atoms with Gasteiger partial charge in [0.2, 0.25) is 0 Å². The lowest BCUT2D eigenvalue weighted by Crippen LogP contribution is -2.17. The number of aromatic hydroxyl groups is 1. The van der Waals surface area contributed by atoms with Crippen molar-refractivity contribution in [3.05, 3.63) is 102 Å². The van der Waals surface area contributed by atoms with Crippen molar-refractivity contribution in [2.45, 2.75) is 6.54 Å². The van der Waals surface area contributed by atoms with Gasteiger partial charge in [-0.3, -0.25) is 4.79 Å². The number of hydrogen-bond donors (Lipinski definition) is 2. The Balaban J connectivity index is 1.56. The molecule has 4 aromatic rings. The second kappa shape index (κ2) is 7.80. The Kier molecular flexibility index (Phi) is 4.89. The maximum Gasteiger partial charge on any atom is 0.271 e. The first-order valence-electron chi connectivity index (χ1n) is 8.95. The average molecular weight is 369 g/mol. The van der Waals surface area contributed by atoms with Crippen LogP contribution in [0.3, 0.4) is 0 Å². The Labute approximate surface area is 162 Å². The standard InChI is InChI=1S/C23H19N3O2/c27-20-12-10-18(11-13-20)23(28)25-24-14-19-16-26(15-17-6-2-1-3-7-17)22-9-5-4-8-21(19)22/h1-14,16,27H,15H2,(H,25,28)/b24-14+. The summed E-state index contributed by atoms with van der Waals surface area (Å²) in [5.74, 6) is -0.212. The van der Waals surface area contributed by atoms with Gasteiger partial charge in [-0.2, -0.15) is 5.10 Å². The molecule has 0 saturated heterocycles. The number of hydrogen-bond acceptors (Lipinski definition) is 3. The van der Waals surface area contributed by atoms with E-state index in [0.29, 0.717) is 5.56 Å². The van der Waals surface area contributed by atoms with E-state index in [-0.39, 0.29) is 11.7 Å². The molecule has 1 amide bonds. The van der Waals surface area contributed by atoms with Crippen LogP contribution in [-0.4, -0.2) is 21.8 Å². The van der Waals surface area contributed by atoms with E-state index < -0.39 is 0 Å². The molecule has 138 valence electrons. The Morgan fingerprint density at radius 2 is 1.68 bits per heavy atom. The van der Waals surface area contributed by atoms with Gasteiger partial charge in [0, 0.05) is 34.8 Å². The fraction of sp³-hybridized carbons (Fsp3) is 0.0435. The molecule has 5 heteroatoms. The second-order valence-corrected chi connectivity index (χ2v) is 6.46. The van der Waals surface area contributed by atoms with E-state index in [9.17, 15) is 9.90 Å². The average Bonchev–Trinajstić information content (AvgIpc) is 3.07. The van der Waals surface area contributed by atoms with Gasteiger partial charge >= 0.3 is 0 Å². The van der Waals surface area contributed by atoms with Crippen LogP contribution in [0.2, 0.25) is 0 Å². The summed E-state index contributed by atoms with van der Waals surface area (Å²) in [5, 5.41) is 14.5. The molecule has 2 N–H and O–H groups in total. The Morgan fingerprint density at radius 1 is 0.964 bits per heavy atom. The third-order valence-electron chi connectivity index (χ3n) is 4.51. The van der Waals surface area contributed by atoms with Gasteiger partial charge in [-0.1, -0.05) is 48.5 Å². The Hall–Kier alpha value is -3.86. The fourth-order valence-corrected chi connectivity index (χ4v) is 3.13. The zero-order chi connectivity index (χ0) is 19.3. The van der Waals surface area contributed by atoms with Gasteiger partial charge < -0.3 is 9.67 Å². The van der Waals surface area contributed by atoms with Crippen LogP contribution in [0.4, 0.5) is 0 Å². The quantitative estimate of drug-likeness (QED) is 0.410. The number of nitrogens with zero attached hydrogens (tertiary/aromatic N) is 2. The minimum Gasteiger partial charge on any atom is -0.508 e. The molecule has 0 atom stereocenters. The number of nitrogens with one attached hydrogen (secondary N) is 1. The summed E-state index contributed by atoms with van der Waals surface area (Å²) in [6.45, 7) is 0.759. The van der Waals surface area contributed by atoms with E-state index in [1.807, 2.05) is 42.6 Å². The van der Waals surface area contributed by atoms with E-state index in [1.165, 1.54) is 17.7 Å². The zero-order valence-corrected chi connectivity index (χ0v) is 15.1. The van der Waals surface area contributed by atoms with Crippen molar-refractivity contribution in [3.8, 4) is 5.75 Å². The lowest BCUT2D eigenvalue weighted by atomic mass is 10.2. The minimum atomic E-state index is -0.329. The summed E-state index contributed by atoms with van der Waals surface area (Å²) in [6.07, 6.45) is 3.69. The predicted molar refractivity (Wildman–Crippen MR) is 111 cm³/mol. The number of amides is 1. The lowest BCUT2D eigenvalue weighted by molar-refractivity contribution is 0.0955. The van der Waals surface area contributed by atoms with Crippen LogP contribution in [-0.2, 0) is 6.54 Å². The molecule has 0 aliphatic heterocycles. The van der Waals surface area contributed by atoms with Crippen LogP contribution in [0, 0.1) is 0 Å². The summed E-state index contributed by atoms with van der Waals surface area (Å²) in [7, 11) is 0. The maximum atomic E-state index is 12.1. The van der Waals surface area contributed by atoms with Crippen molar-refractivity contribution in [2.24, 2.45) is 5.10 Å². The molecule has 0 radical (unpaired) electrons. The molecular weight excluding hydrogens is 350 g/mol. The van der Waals surface area contributed by atoms with Crippen molar-refractivity contribution in [1.82, 2.24) is 9.99 Å². The van der Waals surface area contributed by atoms with Gasteiger partial charge in [-0.25, -0.2) is 5.43 Å². The van der Waals surface area contributed by atoms with Crippen LogP contribution >= 0.6 is 0 Å². The van der Waals surface area contributed by atoms with Gasteiger partial charge in [-0.15, -0.1) is 0 Å². The van der Waals surface area contributed by atoms with Crippen molar-refractivity contribution >= 4 is 23.0 Å². The monoisotopic (exact) mass is 369 g/mol. The van der Waals surface area contributed by atoms with Gasteiger partial charge in [-0.05, 0) is 35.9 Å². The van der Waals surface area contributed by atoms with E-state index in [1.54, 1.807) is 18.3 Å². The number of benzene rings is 3. The maximum absolute atomic E-state index is 12.1. The summed E-state index contributed by atoms with van der Waals surface area (Å²) in [4.78, 5) is 12.1. The van der Waals surface area contributed by atoms with Gasteiger partial charge in [0.25, 0.3) is 5.91 Å². The molecule has 0 bridgehead atoms. The minimum absolute atomic E-state index is 0.117. The highest BCUT2D eigenvalue weighted by atomic mass is 16.3. The van der Waals surface area contributed by atoms with E-state index in [0.717, 1.165) is 23.0 Å². The number of fused-ring (bicyclic) bond motifs is 1. The fourth-order valence-electron chi connectivity index (χ4n) is 3.13. The molecular formula is C23H19N3O2. The van der Waals surface area contributed by atoms with Gasteiger partial charge in [0.05, 0.1) is 6.21 Å². The summed E-state index contributed by atoms with van der Waals surface area (Å²) in [6, 6.07) is 24.4. The highest BCUT2D eigenvalue weighted by Gasteiger charge is 2.08. The third-order valence-corrected chi connectivity index (χ3v) is 4.51.